The Bertz CT molecular complexity index is 1030. The molecular weight excluding hydrogens is 430 g/mol. The number of nitrogens with one attached hydrogen (secondary N) is 1. The second-order valence-electron chi connectivity index (χ2n) is 5.73. The van der Waals surface area contributed by atoms with Crippen LogP contribution in [0.15, 0.2) is 64.3 Å². The van der Waals surface area contributed by atoms with Crippen LogP contribution < -0.4 is 5.43 Å². The van der Waals surface area contributed by atoms with Crippen LogP contribution in [0, 0.1) is 10.1 Å². The zero-order valence-electron chi connectivity index (χ0n) is 14.3. The number of hydrogen-bond donors (Lipinski definition) is 2. The van der Waals surface area contributed by atoms with Gasteiger partial charge in [-0.1, -0.05) is 28.1 Å². The molecule has 0 radical (unpaired) electrons. The lowest BCUT2D eigenvalue weighted by Gasteiger charge is -2.01. The summed E-state index contributed by atoms with van der Waals surface area (Å²) in [4.78, 5) is 22.9. The maximum atomic E-state index is 12.3. The lowest BCUT2D eigenvalue weighted by Crippen LogP contribution is -2.19. The highest BCUT2D eigenvalue weighted by Crippen LogP contribution is 2.18. The molecule has 3 aromatic rings. The molecule has 0 aliphatic rings. The van der Waals surface area contributed by atoms with Gasteiger partial charge in [0.2, 0.25) is 5.69 Å². The number of amides is 1. The van der Waals surface area contributed by atoms with E-state index >= 15 is 0 Å². The lowest BCUT2D eigenvalue weighted by molar-refractivity contribution is -0.385. The molecule has 2 N–H and O–H groups in total. The van der Waals surface area contributed by atoms with Crippen LogP contribution in [0.1, 0.15) is 21.6 Å². The standard InChI is InChI=1S/C18H14BrN5O4/c19-14-5-1-13(2-6-14)10-23-11-16(24(27)28)17(22-23)18(26)21-20-9-12-3-7-15(25)8-4-12/h1-9,11,25H,10H2,(H,21,26)/b20-9-. The van der Waals surface area contributed by atoms with Gasteiger partial charge in [0.15, 0.2) is 0 Å². The Balaban J connectivity index is 1.74. The van der Waals surface area contributed by atoms with Gasteiger partial charge in [0.1, 0.15) is 11.9 Å². The van der Waals surface area contributed by atoms with Gasteiger partial charge in [0.25, 0.3) is 5.91 Å². The fourth-order valence-electron chi connectivity index (χ4n) is 2.34. The van der Waals surface area contributed by atoms with E-state index in [1.807, 2.05) is 24.3 Å². The quantitative estimate of drug-likeness (QED) is 0.344. The summed E-state index contributed by atoms with van der Waals surface area (Å²) in [6, 6.07) is 13.5. The van der Waals surface area contributed by atoms with Crippen LogP contribution in [0.3, 0.4) is 0 Å². The molecule has 0 spiro atoms. The van der Waals surface area contributed by atoms with Crippen LogP contribution in [0.25, 0.3) is 0 Å². The summed E-state index contributed by atoms with van der Waals surface area (Å²) in [5.41, 5.74) is 2.99. The fraction of sp³-hybridized carbons (Fsp3) is 0.0556. The predicted molar refractivity (Wildman–Crippen MR) is 105 cm³/mol. The number of hydrazone groups is 1. The molecule has 1 aromatic heterocycles. The molecule has 28 heavy (non-hydrogen) atoms. The highest BCUT2D eigenvalue weighted by Gasteiger charge is 2.25. The third kappa shape index (κ3) is 4.80. The number of phenolic OH excluding ortho intramolecular Hbond substituents is 1. The zero-order valence-corrected chi connectivity index (χ0v) is 15.9. The van der Waals surface area contributed by atoms with Crippen LogP contribution in [-0.4, -0.2) is 31.9 Å². The summed E-state index contributed by atoms with van der Waals surface area (Å²) in [5, 5.41) is 28.3. The summed E-state index contributed by atoms with van der Waals surface area (Å²) in [6.45, 7) is 0.276. The van der Waals surface area contributed by atoms with Crippen molar-refractivity contribution in [1.29, 1.82) is 0 Å². The summed E-state index contributed by atoms with van der Waals surface area (Å²) in [7, 11) is 0. The van der Waals surface area contributed by atoms with Crippen molar-refractivity contribution in [2.75, 3.05) is 0 Å². The molecule has 0 fully saturated rings. The van der Waals surface area contributed by atoms with Gasteiger partial charge in [0.05, 0.1) is 17.7 Å². The molecule has 0 saturated heterocycles. The molecule has 142 valence electrons. The molecule has 0 saturated carbocycles. The largest absolute Gasteiger partial charge is 0.508 e. The number of carbonyl (C=O) groups excluding carboxylic acids is 1. The summed E-state index contributed by atoms with van der Waals surface area (Å²) in [5.74, 6) is -0.690. The number of benzene rings is 2. The summed E-state index contributed by atoms with van der Waals surface area (Å²) >= 11 is 3.34. The van der Waals surface area contributed by atoms with Gasteiger partial charge in [-0.05, 0) is 47.5 Å². The summed E-state index contributed by atoms with van der Waals surface area (Å²) < 4.78 is 2.24. The Labute approximate surface area is 167 Å². The molecule has 10 heteroatoms. The molecule has 0 atom stereocenters. The molecule has 1 heterocycles. The molecule has 9 nitrogen and oxygen atoms in total. The van der Waals surface area contributed by atoms with E-state index in [1.54, 1.807) is 12.1 Å². The van der Waals surface area contributed by atoms with Gasteiger partial charge in [-0.15, -0.1) is 0 Å². The topological polar surface area (TPSA) is 123 Å². The second-order valence-corrected chi connectivity index (χ2v) is 6.65. The number of carbonyl (C=O) groups is 1. The summed E-state index contributed by atoms with van der Waals surface area (Å²) in [6.07, 6.45) is 2.56. The molecule has 3 rings (SSSR count). The first kappa shape index (κ1) is 19.2. The molecule has 1 amide bonds. The van der Waals surface area contributed by atoms with E-state index in [9.17, 15) is 20.0 Å². The first-order valence-electron chi connectivity index (χ1n) is 8.01. The van der Waals surface area contributed by atoms with E-state index in [0.29, 0.717) is 5.56 Å². The monoisotopic (exact) mass is 443 g/mol. The average molecular weight is 444 g/mol. The van der Waals surface area contributed by atoms with E-state index in [1.165, 1.54) is 29.2 Å². The maximum Gasteiger partial charge on any atom is 0.320 e. The van der Waals surface area contributed by atoms with Crippen molar-refractivity contribution in [2.45, 2.75) is 6.54 Å². The van der Waals surface area contributed by atoms with E-state index in [2.05, 4.69) is 31.6 Å². The van der Waals surface area contributed by atoms with Crippen molar-refractivity contribution in [3.63, 3.8) is 0 Å². The number of halogens is 1. The zero-order chi connectivity index (χ0) is 20.1. The first-order valence-corrected chi connectivity index (χ1v) is 8.80. The van der Waals surface area contributed by atoms with Crippen molar-refractivity contribution < 1.29 is 14.8 Å². The number of rotatable bonds is 6. The number of nitrogens with zero attached hydrogens (tertiary/aromatic N) is 4. The molecule has 0 bridgehead atoms. The minimum absolute atomic E-state index is 0.105. The Morgan fingerprint density at radius 1 is 1.25 bits per heavy atom. The molecule has 2 aromatic carbocycles. The Morgan fingerprint density at radius 2 is 1.93 bits per heavy atom. The van der Waals surface area contributed by atoms with Crippen LogP contribution in [0.4, 0.5) is 5.69 Å². The molecular formula is C18H14BrN5O4. The Kier molecular flexibility index (Phi) is 5.80. The minimum atomic E-state index is -0.795. The number of hydrogen-bond acceptors (Lipinski definition) is 6. The van der Waals surface area contributed by atoms with Crippen molar-refractivity contribution >= 4 is 33.7 Å². The van der Waals surface area contributed by atoms with Gasteiger partial charge in [0, 0.05) is 4.47 Å². The maximum absolute atomic E-state index is 12.3. The predicted octanol–water partition coefficient (Wildman–Crippen LogP) is 3.07. The first-order chi connectivity index (χ1) is 13.4. The van der Waals surface area contributed by atoms with Gasteiger partial charge in [-0.2, -0.15) is 10.2 Å². The van der Waals surface area contributed by atoms with Crippen molar-refractivity contribution in [3.8, 4) is 5.75 Å². The van der Waals surface area contributed by atoms with E-state index < -0.39 is 16.5 Å². The van der Waals surface area contributed by atoms with Crippen LogP contribution in [0.2, 0.25) is 0 Å². The van der Waals surface area contributed by atoms with Gasteiger partial charge < -0.3 is 5.11 Å². The van der Waals surface area contributed by atoms with Crippen LogP contribution in [0.5, 0.6) is 5.75 Å². The average Bonchev–Trinajstić information content (AvgIpc) is 3.09. The van der Waals surface area contributed by atoms with Crippen molar-refractivity contribution in [1.82, 2.24) is 15.2 Å². The minimum Gasteiger partial charge on any atom is -0.508 e. The SMILES string of the molecule is O=C(N/N=C\c1ccc(O)cc1)c1nn(Cc2ccc(Br)cc2)cc1[N+](=O)[O-]. The third-order valence-corrected chi connectivity index (χ3v) is 4.21. The Morgan fingerprint density at radius 3 is 2.57 bits per heavy atom. The highest BCUT2D eigenvalue weighted by molar-refractivity contribution is 9.10. The number of phenols is 1. The van der Waals surface area contributed by atoms with Crippen LogP contribution in [-0.2, 0) is 6.54 Å². The highest BCUT2D eigenvalue weighted by atomic mass is 79.9. The molecule has 0 aliphatic heterocycles. The third-order valence-electron chi connectivity index (χ3n) is 3.68. The van der Waals surface area contributed by atoms with Crippen molar-refractivity contribution in [2.24, 2.45) is 5.10 Å². The van der Waals surface area contributed by atoms with E-state index in [0.717, 1.165) is 10.0 Å². The smallest absolute Gasteiger partial charge is 0.320 e. The second kappa shape index (κ2) is 8.44. The van der Waals surface area contributed by atoms with E-state index in [4.69, 9.17) is 0 Å². The molecule has 0 aliphatic carbocycles. The van der Waals surface area contributed by atoms with E-state index in [-0.39, 0.29) is 18.0 Å². The number of aromatic nitrogens is 2. The number of aromatic hydroxyl groups is 1. The Hall–Kier alpha value is -3.53. The number of nitro groups is 1. The van der Waals surface area contributed by atoms with Gasteiger partial charge in [-0.25, -0.2) is 5.43 Å². The fourth-order valence-corrected chi connectivity index (χ4v) is 2.61. The normalized spacial score (nSPS) is 10.9. The van der Waals surface area contributed by atoms with Gasteiger partial charge in [-0.3, -0.25) is 19.6 Å². The van der Waals surface area contributed by atoms with Crippen LogP contribution >= 0.6 is 15.9 Å². The van der Waals surface area contributed by atoms with Crippen molar-refractivity contribution in [3.05, 3.63) is 86.1 Å². The van der Waals surface area contributed by atoms with Gasteiger partial charge >= 0.3 is 5.69 Å². The lowest BCUT2D eigenvalue weighted by atomic mass is 10.2. The molecule has 0 unspecified atom stereocenters.